The first-order chi connectivity index (χ1) is 9.99. The summed E-state index contributed by atoms with van der Waals surface area (Å²) in [6.45, 7) is -0.0753. The fourth-order valence-electron chi connectivity index (χ4n) is 0.928. The van der Waals surface area contributed by atoms with Crippen molar-refractivity contribution >= 4 is 47.2 Å². The van der Waals surface area contributed by atoms with Gasteiger partial charge in [-0.25, -0.2) is 9.59 Å². The highest BCUT2D eigenvalue weighted by Gasteiger charge is 2.07. The van der Waals surface area contributed by atoms with Crippen LogP contribution < -0.4 is 16.0 Å². The van der Waals surface area contributed by atoms with Gasteiger partial charge < -0.3 is 20.1 Å². The van der Waals surface area contributed by atoms with Crippen LogP contribution in [0.3, 0.4) is 0 Å². The van der Waals surface area contributed by atoms with Crippen LogP contribution in [0.4, 0.5) is 9.59 Å². The summed E-state index contributed by atoms with van der Waals surface area (Å²) in [6.07, 6.45) is 0. The molecule has 0 radical (unpaired) electrons. The SMILES string of the molecule is O=C(NCCOC(=O)CCl)NC(=O)NCCOC(=O)CCl. The molecule has 0 aromatic carbocycles. The molecule has 0 aromatic rings. The number of amides is 4. The molecule has 0 heterocycles. The van der Waals surface area contributed by atoms with Gasteiger partial charge in [-0.1, -0.05) is 0 Å². The number of carbonyl (C=O) groups excluding carboxylic acids is 4. The molecule has 0 aromatic heterocycles. The predicted octanol–water partition coefficient (Wildman–Crippen LogP) is -0.441. The first-order valence-corrected chi connectivity index (χ1v) is 6.82. The van der Waals surface area contributed by atoms with Crippen LogP contribution in [0.5, 0.6) is 0 Å². The van der Waals surface area contributed by atoms with Gasteiger partial charge in [0.25, 0.3) is 0 Å². The Labute approximate surface area is 130 Å². The number of urea groups is 2. The van der Waals surface area contributed by atoms with Crippen molar-refractivity contribution in [2.45, 2.75) is 0 Å². The van der Waals surface area contributed by atoms with E-state index in [0.717, 1.165) is 0 Å². The molecule has 0 unspecified atom stereocenters. The number of imide groups is 1. The molecule has 0 saturated carbocycles. The maximum absolute atomic E-state index is 11.2. The number of halogens is 2. The largest absolute Gasteiger partial charge is 0.463 e. The zero-order valence-electron chi connectivity index (χ0n) is 10.9. The molecule has 0 fully saturated rings. The molecule has 0 rings (SSSR count). The summed E-state index contributed by atoms with van der Waals surface area (Å²) in [4.78, 5) is 43.7. The minimum atomic E-state index is -0.771. The van der Waals surface area contributed by atoms with Gasteiger partial charge >= 0.3 is 24.0 Å². The van der Waals surface area contributed by atoms with E-state index in [1.807, 2.05) is 5.32 Å². The Morgan fingerprint density at radius 2 is 1.14 bits per heavy atom. The van der Waals surface area contributed by atoms with E-state index in [-0.39, 0.29) is 38.1 Å². The van der Waals surface area contributed by atoms with Gasteiger partial charge in [-0.2, -0.15) is 0 Å². The van der Waals surface area contributed by atoms with Crippen molar-refractivity contribution in [1.82, 2.24) is 16.0 Å². The van der Waals surface area contributed by atoms with Crippen molar-refractivity contribution in [2.75, 3.05) is 38.1 Å². The normalized spacial score (nSPS) is 9.43. The van der Waals surface area contributed by atoms with Crippen molar-refractivity contribution in [3.63, 3.8) is 0 Å². The van der Waals surface area contributed by atoms with Crippen LogP contribution in [-0.2, 0) is 19.1 Å². The van der Waals surface area contributed by atoms with Gasteiger partial charge in [-0.05, 0) is 0 Å². The molecule has 0 aliphatic carbocycles. The Kier molecular flexibility index (Phi) is 11.0. The number of esters is 2. The molecule has 3 N–H and O–H groups in total. The lowest BCUT2D eigenvalue weighted by Crippen LogP contribution is -2.46. The average Bonchev–Trinajstić information content (AvgIpc) is 2.47. The van der Waals surface area contributed by atoms with Gasteiger partial charge in [0.1, 0.15) is 25.0 Å². The number of rotatable bonds is 8. The van der Waals surface area contributed by atoms with Gasteiger partial charge in [-0.15, -0.1) is 23.2 Å². The van der Waals surface area contributed by atoms with E-state index in [0.29, 0.717) is 0 Å². The van der Waals surface area contributed by atoms with E-state index in [4.69, 9.17) is 23.2 Å². The van der Waals surface area contributed by atoms with E-state index in [1.165, 1.54) is 0 Å². The summed E-state index contributed by atoms with van der Waals surface area (Å²) in [5, 5.41) is 6.50. The van der Waals surface area contributed by atoms with E-state index in [9.17, 15) is 19.2 Å². The lowest BCUT2D eigenvalue weighted by atomic mass is 10.6. The fourth-order valence-corrected chi connectivity index (χ4v) is 1.08. The second kappa shape index (κ2) is 12.0. The third-order valence-electron chi connectivity index (χ3n) is 1.75. The number of hydrogen-bond donors (Lipinski definition) is 3. The molecule has 21 heavy (non-hydrogen) atoms. The summed E-state index contributed by atoms with van der Waals surface area (Å²) in [7, 11) is 0. The molecule has 0 saturated heterocycles. The maximum Gasteiger partial charge on any atom is 0.323 e. The second-order valence-corrected chi connectivity index (χ2v) is 3.88. The van der Waals surface area contributed by atoms with Crippen LogP contribution in [0.15, 0.2) is 0 Å². The molecule has 11 heteroatoms. The minimum Gasteiger partial charge on any atom is -0.463 e. The Morgan fingerprint density at radius 3 is 1.48 bits per heavy atom. The van der Waals surface area contributed by atoms with E-state index in [2.05, 4.69) is 20.1 Å². The van der Waals surface area contributed by atoms with Crippen molar-refractivity contribution in [1.29, 1.82) is 0 Å². The van der Waals surface area contributed by atoms with Crippen LogP contribution >= 0.6 is 23.2 Å². The van der Waals surface area contributed by atoms with E-state index in [1.54, 1.807) is 0 Å². The Hall–Kier alpha value is -1.74. The lowest BCUT2D eigenvalue weighted by molar-refractivity contribution is -0.141. The standard InChI is InChI=1S/C10H15Cl2N3O6/c11-5-7(16)20-3-1-13-9(18)15-10(19)14-2-4-21-8(17)6-12/h1-6H2,(H3,13,14,15,18,19). The molecule has 0 atom stereocenters. The van der Waals surface area contributed by atoms with Crippen molar-refractivity contribution in [3.05, 3.63) is 0 Å². The summed E-state index contributed by atoms with van der Waals surface area (Å²) in [6, 6.07) is -1.54. The van der Waals surface area contributed by atoms with Crippen molar-refractivity contribution in [2.24, 2.45) is 0 Å². The average molecular weight is 344 g/mol. The summed E-state index contributed by atoms with van der Waals surface area (Å²) in [5.41, 5.74) is 0. The van der Waals surface area contributed by atoms with Gasteiger partial charge in [0.2, 0.25) is 0 Å². The third-order valence-corrected chi connectivity index (χ3v) is 2.18. The van der Waals surface area contributed by atoms with Crippen LogP contribution in [0.1, 0.15) is 0 Å². The van der Waals surface area contributed by atoms with Gasteiger partial charge in [0.05, 0.1) is 13.1 Å². The first kappa shape index (κ1) is 19.3. The zero-order chi connectivity index (χ0) is 16.1. The van der Waals surface area contributed by atoms with Gasteiger partial charge in [0, 0.05) is 0 Å². The molecular weight excluding hydrogens is 329 g/mol. The summed E-state index contributed by atoms with van der Waals surface area (Å²) < 4.78 is 9.17. The third kappa shape index (κ3) is 11.8. The number of carbonyl (C=O) groups is 4. The number of nitrogens with one attached hydrogen (secondary N) is 3. The molecule has 0 spiro atoms. The van der Waals surface area contributed by atoms with Gasteiger partial charge in [-0.3, -0.25) is 14.9 Å². The van der Waals surface area contributed by atoms with Gasteiger partial charge in [0.15, 0.2) is 0 Å². The Bertz CT molecular complexity index is 346. The molecule has 4 amide bonds. The van der Waals surface area contributed by atoms with E-state index >= 15 is 0 Å². The number of hydrogen-bond acceptors (Lipinski definition) is 6. The minimum absolute atomic E-state index is 0.0229. The highest BCUT2D eigenvalue weighted by molar-refractivity contribution is 6.26. The highest BCUT2D eigenvalue weighted by atomic mass is 35.5. The quantitative estimate of drug-likeness (QED) is 0.312. The second-order valence-electron chi connectivity index (χ2n) is 3.35. The van der Waals surface area contributed by atoms with Crippen LogP contribution in [-0.4, -0.2) is 62.1 Å². The van der Waals surface area contributed by atoms with Crippen LogP contribution in [0.25, 0.3) is 0 Å². The number of alkyl halides is 2. The Morgan fingerprint density at radius 1 is 0.762 bits per heavy atom. The fraction of sp³-hybridized carbons (Fsp3) is 0.600. The smallest absolute Gasteiger partial charge is 0.323 e. The highest BCUT2D eigenvalue weighted by Crippen LogP contribution is 1.82. The predicted molar refractivity (Wildman–Crippen MR) is 73.3 cm³/mol. The van der Waals surface area contributed by atoms with Crippen LogP contribution in [0.2, 0.25) is 0 Å². The maximum atomic E-state index is 11.2. The van der Waals surface area contributed by atoms with Crippen molar-refractivity contribution < 1.29 is 28.7 Å². The molecular formula is C10H15Cl2N3O6. The molecule has 120 valence electrons. The monoisotopic (exact) mass is 343 g/mol. The topological polar surface area (TPSA) is 123 Å². The molecule has 9 nitrogen and oxygen atoms in total. The van der Waals surface area contributed by atoms with Crippen LogP contribution in [0, 0.1) is 0 Å². The summed E-state index contributed by atoms with van der Waals surface area (Å²) in [5.74, 6) is -1.77. The molecule has 0 aliphatic heterocycles. The lowest BCUT2D eigenvalue weighted by Gasteiger charge is -2.08. The van der Waals surface area contributed by atoms with Crippen molar-refractivity contribution in [3.8, 4) is 0 Å². The summed E-state index contributed by atoms with van der Waals surface area (Å²) >= 11 is 10.4. The molecule has 0 bridgehead atoms. The zero-order valence-corrected chi connectivity index (χ0v) is 12.5. The Balaban J connectivity index is 3.59. The van der Waals surface area contributed by atoms with E-state index < -0.39 is 24.0 Å². The first-order valence-electron chi connectivity index (χ1n) is 5.75. The number of ether oxygens (including phenoxy) is 2. The molecule has 0 aliphatic rings.